The molecule has 0 aliphatic carbocycles. The fourth-order valence-corrected chi connectivity index (χ4v) is 13.2. The van der Waals surface area contributed by atoms with Crippen LogP contribution in [0.25, 0.3) is 109 Å². The Balaban J connectivity index is 1.16. The van der Waals surface area contributed by atoms with Crippen molar-refractivity contribution in [3.8, 4) is 22.3 Å². The van der Waals surface area contributed by atoms with Crippen molar-refractivity contribution in [1.82, 2.24) is 4.48 Å². The van der Waals surface area contributed by atoms with Crippen molar-refractivity contribution in [2.45, 2.75) is 52.4 Å². The van der Waals surface area contributed by atoms with Gasteiger partial charge in [-0.25, -0.2) is 0 Å². The maximum absolute atomic E-state index is 7.07. The van der Waals surface area contributed by atoms with Crippen molar-refractivity contribution >= 4 is 141 Å². The van der Waals surface area contributed by atoms with Gasteiger partial charge in [-0.05, 0) is 159 Å². The third kappa shape index (κ3) is 5.79. The van der Waals surface area contributed by atoms with Gasteiger partial charge in [-0.2, -0.15) is 0 Å². The van der Waals surface area contributed by atoms with E-state index in [1.165, 1.54) is 120 Å². The predicted octanol–water partition coefficient (Wildman–Crippen LogP) is 17.0. The fraction of sp³-hybridized carbons (Fsp3) is 0.119. The van der Waals surface area contributed by atoms with Crippen LogP contribution in [0.3, 0.4) is 0 Å². The number of rotatable bonds is 3. The molecule has 11 aromatic carbocycles. The Hall–Kier alpha value is -7.91. The van der Waals surface area contributed by atoms with Gasteiger partial charge in [0.1, 0.15) is 11.2 Å². The highest BCUT2D eigenvalue weighted by atomic mass is 31.1. The molecule has 5 heteroatoms. The molecular weight excluding hydrogens is 891 g/mol. The molecule has 0 spiro atoms. The molecule has 72 heavy (non-hydrogen) atoms. The number of hydrogen-bond donors (Lipinski definition) is 0. The van der Waals surface area contributed by atoms with Crippen molar-refractivity contribution in [2.24, 2.45) is 0 Å². The molecule has 2 aliphatic heterocycles. The second-order valence-corrected chi connectivity index (χ2v) is 23.3. The molecule has 0 atom stereocenters. The van der Waals surface area contributed by atoms with Gasteiger partial charge >= 0.3 is 6.85 Å². The van der Waals surface area contributed by atoms with Crippen molar-refractivity contribution in [3.63, 3.8) is 0 Å². The minimum Gasteiger partial charge on any atom is -0.456 e. The summed E-state index contributed by atoms with van der Waals surface area (Å²) >= 11 is 0. The predicted molar refractivity (Wildman–Crippen MR) is 314 cm³/mol. The molecule has 0 saturated heterocycles. The van der Waals surface area contributed by atoms with E-state index >= 15 is 0 Å². The Morgan fingerprint density at radius 2 is 1.11 bits per heavy atom. The van der Waals surface area contributed by atoms with Gasteiger partial charge in [0, 0.05) is 66.6 Å². The molecule has 0 amide bonds. The molecular formula is C67H50BN2OP. The number of furan rings is 1. The van der Waals surface area contributed by atoms with E-state index in [0.717, 1.165) is 41.4 Å². The van der Waals surface area contributed by atoms with Gasteiger partial charge in [0.15, 0.2) is 0 Å². The van der Waals surface area contributed by atoms with Crippen LogP contribution in [0.1, 0.15) is 52.7 Å². The Bertz CT molecular complexity index is 4560. The lowest BCUT2D eigenvalue weighted by atomic mass is 9.44. The summed E-state index contributed by atoms with van der Waals surface area (Å²) in [6, 6.07) is 69.1. The number of fused-ring (bicyclic) bond motifs is 18. The Kier molecular flexibility index (Phi) is 8.48. The second-order valence-electron chi connectivity index (χ2n) is 22.4. The first-order valence-corrected chi connectivity index (χ1v) is 26.4. The van der Waals surface area contributed by atoms with Crippen LogP contribution in [0.2, 0.25) is 0 Å². The number of benzene rings is 11. The van der Waals surface area contributed by atoms with Gasteiger partial charge in [0.25, 0.3) is 0 Å². The van der Waals surface area contributed by atoms with E-state index in [-0.39, 0.29) is 17.7 Å². The molecule has 0 radical (unpaired) electrons. The monoisotopic (exact) mass is 940 g/mol. The first kappa shape index (κ1) is 41.8. The highest BCUT2D eigenvalue weighted by Crippen LogP contribution is 2.52. The molecule has 3 nitrogen and oxygen atoms in total. The zero-order valence-electron chi connectivity index (χ0n) is 41.4. The quantitative estimate of drug-likeness (QED) is 0.0762. The van der Waals surface area contributed by atoms with E-state index in [2.05, 4.69) is 239 Å². The Morgan fingerprint density at radius 3 is 1.79 bits per heavy atom. The van der Waals surface area contributed by atoms with Crippen LogP contribution in [0.5, 0.6) is 0 Å². The van der Waals surface area contributed by atoms with Crippen molar-refractivity contribution in [1.29, 1.82) is 0 Å². The van der Waals surface area contributed by atoms with E-state index in [0.29, 0.717) is 0 Å². The van der Waals surface area contributed by atoms with Crippen molar-refractivity contribution < 1.29 is 4.42 Å². The first-order valence-electron chi connectivity index (χ1n) is 25.3. The minimum absolute atomic E-state index is 0.0268. The van der Waals surface area contributed by atoms with Crippen LogP contribution < -0.4 is 21.1 Å². The number of aromatic nitrogens is 1. The lowest BCUT2D eigenvalue weighted by Gasteiger charge is -2.41. The summed E-state index contributed by atoms with van der Waals surface area (Å²) in [5, 5.41) is 16.2. The Morgan fingerprint density at radius 1 is 0.486 bits per heavy atom. The normalized spacial score (nSPS) is 13.5. The summed E-state index contributed by atoms with van der Waals surface area (Å²) in [5.74, 6) is 0. The SMILES string of the molecule is C=Pc1cc(-c2ccccc2)cc(N2c3cc4cc5c6ccccc6c6ccccc6c5cc4cc3B3c4c2cc2oc5ccccc5c2c4-c2cc(C(C)(C)C)cc4c5cc(C(C)(C)C)ccc5n3c24)c1. The number of anilines is 3. The molecule has 4 heterocycles. The average Bonchev–Trinajstić information content (AvgIpc) is 3.94. The molecule has 0 fully saturated rings. The van der Waals surface area contributed by atoms with Gasteiger partial charge in [0.05, 0.1) is 0 Å². The lowest BCUT2D eigenvalue weighted by molar-refractivity contribution is 0.590. The van der Waals surface area contributed by atoms with Crippen LogP contribution in [0, 0.1) is 0 Å². The zero-order chi connectivity index (χ0) is 48.5. The number of nitrogens with zero attached hydrogens (tertiary/aromatic N) is 2. The van der Waals surface area contributed by atoms with Crippen LogP contribution in [-0.2, 0) is 10.8 Å². The largest absolute Gasteiger partial charge is 0.456 e. The van der Waals surface area contributed by atoms with Gasteiger partial charge < -0.3 is 13.8 Å². The third-order valence-electron chi connectivity index (χ3n) is 16.2. The Labute approximate surface area is 420 Å². The molecule has 0 bridgehead atoms. The highest BCUT2D eigenvalue weighted by molar-refractivity contribution is 7.45. The first-order chi connectivity index (χ1) is 34.9. The average molecular weight is 941 g/mol. The van der Waals surface area contributed by atoms with Gasteiger partial charge in [-0.3, -0.25) is 0 Å². The second kappa shape index (κ2) is 14.6. The van der Waals surface area contributed by atoms with E-state index in [1.807, 2.05) is 0 Å². The summed E-state index contributed by atoms with van der Waals surface area (Å²) in [4.78, 5) is 2.57. The standard InChI is InChI=1S/C67H50BN2OP/c1-66(2,3)42-25-26-57-53(33-42)54-34-43(67(4,5)6)35-55-63-62-50-23-15-16-24-60(50)71-61(62)37-59-64(63)68(70(57)65(54)55)56-31-40-29-51-48-21-13-11-19-46(48)47-20-12-14-22-49(47)52(51)30-41(40)32-58(56)69(59)44-27-39(28-45(36-44)72-7)38-17-9-8-10-18-38/h8-37H,7H2,1-6H3. The lowest BCUT2D eigenvalue weighted by Crippen LogP contribution is -2.56. The van der Waals surface area contributed by atoms with Gasteiger partial charge in [0.2, 0.25) is 0 Å². The summed E-state index contributed by atoms with van der Waals surface area (Å²) in [6.07, 6.45) is 4.45. The molecule has 0 saturated carbocycles. The summed E-state index contributed by atoms with van der Waals surface area (Å²) in [6.45, 7) is 13.9. The van der Waals surface area contributed by atoms with Crippen LogP contribution >= 0.6 is 8.20 Å². The molecule has 0 N–H and O–H groups in total. The molecule has 342 valence electrons. The summed E-state index contributed by atoms with van der Waals surface area (Å²) < 4.78 is 9.80. The van der Waals surface area contributed by atoms with E-state index in [4.69, 9.17) is 4.42 Å². The molecule has 2 aromatic heterocycles. The molecule has 15 rings (SSSR count). The van der Waals surface area contributed by atoms with Gasteiger partial charge in [-0.1, -0.05) is 165 Å². The van der Waals surface area contributed by atoms with Crippen molar-refractivity contribution in [2.75, 3.05) is 4.90 Å². The van der Waals surface area contributed by atoms with E-state index in [9.17, 15) is 0 Å². The summed E-state index contributed by atoms with van der Waals surface area (Å²) in [7, 11) is 0.957. The maximum atomic E-state index is 7.07. The third-order valence-corrected chi connectivity index (χ3v) is 16.8. The van der Waals surface area contributed by atoms with E-state index in [1.54, 1.807) is 0 Å². The summed E-state index contributed by atoms with van der Waals surface area (Å²) in [5.41, 5.74) is 17.7. The molecule has 13 aromatic rings. The van der Waals surface area contributed by atoms with Gasteiger partial charge in [-0.15, -0.1) is 0 Å². The fourth-order valence-electron chi connectivity index (χ4n) is 12.7. The number of para-hydroxylation sites is 1. The maximum Gasteiger partial charge on any atom is 0.333 e. The van der Waals surface area contributed by atoms with Crippen LogP contribution in [-0.4, -0.2) is 17.6 Å². The van der Waals surface area contributed by atoms with Crippen LogP contribution in [0.4, 0.5) is 17.1 Å². The topological polar surface area (TPSA) is 21.3 Å². The molecule has 2 aliphatic rings. The minimum atomic E-state index is -0.163. The smallest absolute Gasteiger partial charge is 0.333 e. The molecule has 0 unspecified atom stereocenters. The number of hydrogen-bond acceptors (Lipinski definition) is 2. The highest BCUT2D eigenvalue weighted by Gasteiger charge is 2.45. The van der Waals surface area contributed by atoms with E-state index < -0.39 is 0 Å². The zero-order valence-corrected chi connectivity index (χ0v) is 42.2. The van der Waals surface area contributed by atoms with Crippen molar-refractivity contribution in [3.05, 3.63) is 193 Å². The van der Waals surface area contributed by atoms with Crippen LogP contribution in [0.15, 0.2) is 186 Å².